The van der Waals surface area contributed by atoms with Gasteiger partial charge in [0.15, 0.2) is 0 Å². The lowest BCUT2D eigenvalue weighted by Crippen LogP contribution is -2.59. The van der Waals surface area contributed by atoms with Crippen LogP contribution >= 0.6 is 11.8 Å². The molecule has 2 unspecified atom stereocenters. The first-order valence-electron chi connectivity index (χ1n) is 11.6. The molecule has 8 heteroatoms. The summed E-state index contributed by atoms with van der Waals surface area (Å²) in [4.78, 5) is 40.8. The lowest BCUT2D eigenvalue weighted by Gasteiger charge is -2.35. The maximum Gasteiger partial charge on any atom is 0.329 e. The van der Waals surface area contributed by atoms with Gasteiger partial charge in [-0.1, -0.05) is 48.1 Å². The number of thioether (sulfide) groups is 1. The zero-order valence-corrected chi connectivity index (χ0v) is 22.4. The second-order valence-electron chi connectivity index (χ2n) is 11.1. The highest BCUT2D eigenvalue weighted by Gasteiger charge is 2.39. The minimum absolute atomic E-state index is 0.0851. The van der Waals surface area contributed by atoms with E-state index in [0.717, 1.165) is 18.4 Å². The summed E-state index contributed by atoms with van der Waals surface area (Å²) in [6, 6.07) is -1.92. The van der Waals surface area contributed by atoms with E-state index in [1.165, 1.54) is 11.8 Å². The van der Waals surface area contributed by atoms with E-state index in [2.05, 4.69) is 17.2 Å². The van der Waals surface area contributed by atoms with Crippen molar-refractivity contribution in [3.05, 3.63) is 23.0 Å². The number of hydrogen-bond acceptors (Lipinski definition) is 5. The van der Waals surface area contributed by atoms with Crippen molar-refractivity contribution < 1.29 is 19.1 Å². The van der Waals surface area contributed by atoms with Crippen LogP contribution in [0.25, 0.3) is 0 Å². The molecule has 0 aromatic rings. The van der Waals surface area contributed by atoms with Gasteiger partial charge in [0.2, 0.25) is 5.91 Å². The van der Waals surface area contributed by atoms with Gasteiger partial charge >= 0.3 is 12.0 Å². The Hall–Kier alpha value is -1.96. The van der Waals surface area contributed by atoms with Crippen molar-refractivity contribution in [3.8, 4) is 0 Å². The molecule has 0 saturated carbocycles. The number of hydrogen-bond donors (Lipinski definition) is 2. The summed E-state index contributed by atoms with van der Waals surface area (Å²) < 4.78 is 5.45. The van der Waals surface area contributed by atoms with E-state index < -0.39 is 29.5 Å². The summed E-state index contributed by atoms with van der Waals surface area (Å²) in [6.45, 7) is 20.1. The Morgan fingerprint density at radius 2 is 1.82 bits per heavy atom. The molecule has 1 fully saturated rings. The number of nitrogens with one attached hydrogen (secondary N) is 2. The van der Waals surface area contributed by atoms with Crippen LogP contribution in [0.4, 0.5) is 4.79 Å². The standard InChI is InChI=1S/C25H43N3O4S/c1-10-33-16-17(2)15-32-22(30)19(14-24(4,5)6)26-23(31)27-20(25(7,8)9)21(29)28-13-11-12-18(28)3/h10,16,18-20H,1,11-15H2,2-9H3,(H2,26,27,31)/b17-16+/t18?,19-,20?/m0/s1. The molecule has 0 spiro atoms. The van der Waals surface area contributed by atoms with E-state index in [9.17, 15) is 14.4 Å². The van der Waals surface area contributed by atoms with Crippen LogP contribution in [-0.2, 0) is 14.3 Å². The smallest absolute Gasteiger partial charge is 0.329 e. The van der Waals surface area contributed by atoms with E-state index in [-0.39, 0.29) is 24.0 Å². The van der Waals surface area contributed by atoms with Gasteiger partial charge in [-0.15, -0.1) is 11.8 Å². The Labute approximate surface area is 204 Å². The summed E-state index contributed by atoms with van der Waals surface area (Å²) in [5, 5.41) is 9.16. The van der Waals surface area contributed by atoms with Crippen molar-refractivity contribution >= 4 is 29.7 Å². The average Bonchev–Trinajstić information content (AvgIpc) is 3.11. The number of urea groups is 1. The van der Waals surface area contributed by atoms with E-state index in [4.69, 9.17) is 4.74 Å². The van der Waals surface area contributed by atoms with Crippen LogP contribution in [0.15, 0.2) is 23.0 Å². The van der Waals surface area contributed by atoms with Crippen molar-refractivity contribution in [1.82, 2.24) is 15.5 Å². The molecule has 33 heavy (non-hydrogen) atoms. The molecule has 1 heterocycles. The number of ether oxygens (including phenoxy) is 1. The molecule has 0 aliphatic carbocycles. The van der Waals surface area contributed by atoms with Gasteiger partial charge in [-0.3, -0.25) is 4.79 Å². The quantitative estimate of drug-likeness (QED) is 0.460. The van der Waals surface area contributed by atoms with Crippen LogP contribution in [0, 0.1) is 10.8 Å². The predicted octanol–water partition coefficient (Wildman–Crippen LogP) is 4.84. The molecule has 1 rings (SSSR count). The van der Waals surface area contributed by atoms with E-state index in [1.54, 1.807) is 5.41 Å². The zero-order chi connectivity index (χ0) is 25.4. The molecule has 188 valence electrons. The lowest BCUT2D eigenvalue weighted by atomic mass is 9.85. The van der Waals surface area contributed by atoms with Gasteiger partial charge in [0.1, 0.15) is 18.7 Å². The van der Waals surface area contributed by atoms with Crippen molar-refractivity contribution in [2.75, 3.05) is 13.2 Å². The van der Waals surface area contributed by atoms with Gasteiger partial charge in [-0.2, -0.15) is 0 Å². The lowest BCUT2D eigenvalue weighted by molar-refractivity contribution is -0.145. The van der Waals surface area contributed by atoms with Crippen molar-refractivity contribution in [1.29, 1.82) is 0 Å². The highest BCUT2D eigenvalue weighted by molar-refractivity contribution is 8.04. The second kappa shape index (κ2) is 12.5. The molecule has 0 radical (unpaired) electrons. The summed E-state index contributed by atoms with van der Waals surface area (Å²) in [6.07, 6.45) is 2.34. The number of carbonyl (C=O) groups is 3. The number of rotatable bonds is 9. The van der Waals surface area contributed by atoms with Crippen molar-refractivity contribution in [2.45, 2.75) is 92.8 Å². The van der Waals surface area contributed by atoms with E-state index >= 15 is 0 Å². The first-order valence-corrected chi connectivity index (χ1v) is 12.6. The zero-order valence-electron chi connectivity index (χ0n) is 21.6. The number of nitrogens with zero attached hydrogens (tertiary/aromatic N) is 1. The normalized spacial score (nSPS) is 19.0. The van der Waals surface area contributed by atoms with Crippen LogP contribution in [0.3, 0.4) is 0 Å². The predicted molar refractivity (Wildman–Crippen MR) is 136 cm³/mol. The molecule has 3 amide bonds. The monoisotopic (exact) mass is 481 g/mol. The minimum Gasteiger partial charge on any atom is -0.460 e. The van der Waals surface area contributed by atoms with E-state index in [1.807, 2.05) is 65.7 Å². The largest absolute Gasteiger partial charge is 0.460 e. The summed E-state index contributed by atoms with van der Waals surface area (Å²) in [5.74, 6) is -0.582. The third-order valence-corrected chi connectivity index (χ3v) is 6.17. The molecule has 3 atom stereocenters. The fourth-order valence-corrected chi connectivity index (χ4v) is 4.09. The minimum atomic E-state index is -0.828. The highest BCUT2D eigenvalue weighted by Crippen LogP contribution is 2.26. The van der Waals surface area contributed by atoms with Crippen molar-refractivity contribution in [3.63, 3.8) is 0 Å². The van der Waals surface area contributed by atoms with Crippen LogP contribution in [-0.4, -0.2) is 54.1 Å². The van der Waals surface area contributed by atoms with Crippen LogP contribution in [0.1, 0.15) is 74.7 Å². The molecule has 0 aromatic carbocycles. The first-order chi connectivity index (χ1) is 15.2. The number of esters is 1. The molecule has 1 saturated heterocycles. The molecule has 0 aromatic heterocycles. The molecular weight excluding hydrogens is 438 g/mol. The summed E-state index contributed by atoms with van der Waals surface area (Å²) >= 11 is 1.41. The number of likely N-dealkylation sites (tertiary alicyclic amines) is 1. The molecular formula is C25H43N3O4S. The van der Waals surface area contributed by atoms with Gasteiger partial charge in [-0.25, -0.2) is 9.59 Å². The SMILES string of the molecule is C=CS/C=C(\C)COC(=O)[C@H](CC(C)(C)C)NC(=O)NC(C(=O)N1CCCC1C)C(C)(C)C. The van der Waals surface area contributed by atoms with Gasteiger partial charge in [0.05, 0.1) is 0 Å². The first kappa shape index (κ1) is 29.1. The Bertz CT molecular complexity index is 737. The molecule has 0 bridgehead atoms. The van der Waals surface area contributed by atoms with Crippen LogP contribution in [0.5, 0.6) is 0 Å². The average molecular weight is 482 g/mol. The number of carbonyl (C=O) groups excluding carboxylic acids is 3. The topological polar surface area (TPSA) is 87.7 Å². The fourth-order valence-electron chi connectivity index (χ4n) is 3.70. The fraction of sp³-hybridized carbons (Fsp3) is 0.720. The summed E-state index contributed by atoms with van der Waals surface area (Å²) in [5.41, 5.74) is 0.178. The van der Waals surface area contributed by atoms with Gasteiger partial charge in [0, 0.05) is 12.6 Å². The van der Waals surface area contributed by atoms with Gasteiger partial charge < -0.3 is 20.3 Å². The number of amides is 3. The van der Waals surface area contributed by atoms with Crippen LogP contribution in [0.2, 0.25) is 0 Å². The van der Waals surface area contributed by atoms with Crippen LogP contribution < -0.4 is 10.6 Å². The Morgan fingerprint density at radius 3 is 2.30 bits per heavy atom. The molecule has 2 N–H and O–H groups in total. The second-order valence-corrected chi connectivity index (χ2v) is 12.0. The maximum atomic E-state index is 13.2. The Balaban J connectivity index is 2.91. The summed E-state index contributed by atoms with van der Waals surface area (Å²) in [7, 11) is 0. The van der Waals surface area contributed by atoms with Gasteiger partial charge in [-0.05, 0) is 60.3 Å². The Kier molecular flexibility index (Phi) is 11.0. The molecule has 1 aliphatic rings. The van der Waals surface area contributed by atoms with Crippen molar-refractivity contribution in [2.24, 2.45) is 10.8 Å². The van der Waals surface area contributed by atoms with E-state index in [0.29, 0.717) is 13.0 Å². The highest BCUT2D eigenvalue weighted by atomic mass is 32.2. The maximum absolute atomic E-state index is 13.2. The third kappa shape index (κ3) is 10.2. The third-order valence-electron chi connectivity index (χ3n) is 5.44. The van der Waals surface area contributed by atoms with Gasteiger partial charge in [0.25, 0.3) is 0 Å². The Morgan fingerprint density at radius 1 is 1.18 bits per heavy atom. The molecule has 1 aliphatic heterocycles. The molecule has 7 nitrogen and oxygen atoms in total.